The molecule has 1 heterocycles. The number of benzene rings is 1. The summed E-state index contributed by atoms with van der Waals surface area (Å²) in [5.41, 5.74) is -0.161. The third-order valence-electron chi connectivity index (χ3n) is 5.06. The molecule has 0 unspecified atom stereocenters. The lowest BCUT2D eigenvalue weighted by Crippen LogP contribution is -2.60. The van der Waals surface area contributed by atoms with Crippen molar-refractivity contribution in [3.63, 3.8) is 0 Å². The second kappa shape index (κ2) is 7.11. The summed E-state index contributed by atoms with van der Waals surface area (Å²) in [5, 5.41) is 12.3. The van der Waals surface area contributed by atoms with Crippen LogP contribution in [0.4, 0.5) is 10.5 Å². The van der Waals surface area contributed by atoms with Crippen LogP contribution in [0.25, 0.3) is 0 Å². The maximum atomic E-state index is 12.1. The van der Waals surface area contributed by atoms with Gasteiger partial charge in [-0.1, -0.05) is 18.2 Å². The quantitative estimate of drug-likeness (QED) is 0.886. The summed E-state index contributed by atoms with van der Waals surface area (Å²) in [7, 11) is 0. The third-order valence-corrected chi connectivity index (χ3v) is 5.06. The molecule has 0 radical (unpaired) electrons. The molecule has 2 fully saturated rings. The number of alkyl carbamates (subject to hydrolysis) is 1. The van der Waals surface area contributed by atoms with Gasteiger partial charge in [-0.2, -0.15) is 0 Å². The first-order valence-corrected chi connectivity index (χ1v) is 8.61. The van der Waals surface area contributed by atoms with E-state index in [-0.39, 0.29) is 6.10 Å². The molecule has 0 bridgehead atoms. The molecule has 2 aliphatic rings. The molecule has 1 aromatic carbocycles. The van der Waals surface area contributed by atoms with Crippen LogP contribution in [-0.2, 0) is 9.53 Å². The van der Waals surface area contributed by atoms with Gasteiger partial charge in [0.05, 0.1) is 0 Å². The average Bonchev–Trinajstić information content (AvgIpc) is 3.09. The van der Waals surface area contributed by atoms with Crippen LogP contribution < -0.4 is 10.2 Å². The van der Waals surface area contributed by atoms with E-state index in [0.717, 1.165) is 31.4 Å². The van der Waals surface area contributed by atoms with Gasteiger partial charge in [-0.25, -0.2) is 9.59 Å². The summed E-state index contributed by atoms with van der Waals surface area (Å²) in [4.78, 5) is 26.1. The van der Waals surface area contributed by atoms with E-state index in [9.17, 15) is 14.7 Å². The minimum absolute atomic E-state index is 0.0692. The Morgan fingerprint density at radius 1 is 1.12 bits per heavy atom. The van der Waals surface area contributed by atoms with Crippen molar-refractivity contribution in [1.29, 1.82) is 0 Å². The summed E-state index contributed by atoms with van der Waals surface area (Å²) < 4.78 is 5.37. The Morgan fingerprint density at radius 3 is 2.33 bits per heavy atom. The van der Waals surface area contributed by atoms with Crippen LogP contribution in [0.2, 0.25) is 0 Å². The van der Waals surface area contributed by atoms with Crippen molar-refractivity contribution in [3.8, 4) is 0 Å². The summed E-state index contributed by atoms with van der Waals surface area (Å²) in [6.07, 6.45) is 3.92. The number of ether oxygens (including phenoxy) is 1. The number of para-hydroxylation sites is 1. The smallest absolute Gasteiger partial charge is 0.408 e. The lowest BCUT2D eigenvalue weighted by molar-refractivity contribution is -0.145. The Morgan fingerprint density at radius 2 is 1.75 bits per heavy atom. The number of hydrogen-bond acceptors (Lipinski definition) is 4. The number of nitrogens with one attached hydrogen (secondary N) is 1. The number of anilines is 1. The lowest BCUT2D eigenvalue weighted by atomic mass is 9.87. The lowest BCUT2D eigenvalue weighted by Gasteiger charge is -2.40. The minimum atomic E-state index is -1.24. The molecule has 1 amide bonds. The topological polar surface area (TPSA) is 78.9 Å². The molecule has 1 saturated carbocycles. The van der Waals surface area contributed by atoms with Crippen LogP contribution in [0.1, 0.15) is 38.5 Å². The molecule has 6 heteroatoms. The van der Waals surface area contributed by atoms with Crippen molar-refractivity contribution in [1.82, 2.24) is 5.32 Å². The Kier molecular flexibility index (Phi) is 4.92. The molecule has 1 aromatic rings. The monoisotopic (exact) mass is 332 g/mol. The molecule has 2 N–H and O–H groups in total. The van der Waals surface area contributed by atoms with Crippen LogP contribution in [0.3, 0.4) is 0 Å². The van der Waals surface area contributed by atoms with Crippen molar-refractivity contribution in [2.75, 3.05) is 18.0 Å². The van der Waals surface area contributed by atoms with Gasteiger partial charge < -0.3 is 20.1 Å². The third kappa shape index (κ3) is 3.63. The highest BCUT2D eigenvalue weighted by atomic mass is 16.6. The molecule has 24 heavy (non-hydrogen) atoms. The van der Waals surface area contributed by atoms with E-state index < -0.39 is 17.6 Å². The maximum absolute atomic E-state index is 12.1. The van der Waals surface area contributed by atoms with Crippen LogP contribution in [0.5, 0.6) is 0 Å². The number of carboxylic acid groups (broad SMARTS) is 1. The van der Waals surface area contributed by atoms with Crippen LogP contribution in [0.15, 0.2) is 30.3 Å². The molecule has 0 spiro atoms. The first-order chi connectivity index (χ1) is 11.6. The number of hydrogen-bond donors (Lipinski definition) is 2. The molecule has 0 atom stereocenters. The van der Waals surface area contributed by atoms with E-state index in [2.05, 4.69) is 10.2 Å². The summed E-state index contributed by atoms with van der Waals surface area (Å²) in [5.74, 6) is -0.987. The van der Waals surface area contributed by atoms with Gasteiger partial charge in [0.1, 0.15) is 11.6 Å². The molecule has 1 saturated heterocycles. The molecule has 6 nitrogen and oxygen atoms in total. The normalized spacial score (nSPS) is 20.6. The number of rotatable bonds is 4. The predicted molar refractivity (Wildman–Crippen MR) is 90.1 cm³/mol. The van der Waals surface area contributed by atoms with Crippen molar-refractivity contribution < 1.29 is 19.4 Å². The number of amides is 1. The predicted octanol–water partition coefficient (Wildman–Crippen LogP) is 2.78. The highest BCUT2D eigenvalue weighted by Crippen LogP contribution is 2.27. The number of carboxylic acids is 1. The van der Waals surface area contributed by atoms with Crippen molar-refractivity contribution in [3.05, 3.63) is 30.3 Å². The summed E-state index contributed by atoms with van der Waals surface area (Å²) in [6, 6.07) is 9.90. The Balaban J connectivity index is 1.60. The number of carbonyl (C=O) groups is 2. The molecule has 3 rings (SSSR count). The van der Waals surface area contributed by atoms with Gasteiger partial charge in [-0.3, -0.25) is 0 Å². The maximum Gasteiger partial charge on any atom is 0.408 e. The zero-order chi connectivity index (χ0) is 17.0. The van der Waals surface area contributed by atoms with Crippen LogP contribution in [-0.4, -0.2) is 41.9 Å². The van der Waals surface area contributed by atoms with E-state index >= 15 is 0 Å². The highest BCUT2D eigenvalue weighted by Gasteiger charge is 2.43. The highest BCUT2D eigenvalue weighted by molar-refractivity contribution is 5.84. The van der Waals surface area contributed by atoms with E-state index in [1.54, 1.807) is 0 Å². The zero-order valence-electron chi connectivity index (χ0n) is 13.7. The molecular formula is C18H24N2O4. The summed E-state index contributed by atoms with van der Waals surface area (Å²) in [6.45, 7) is 1.17. The first kappa shape index (κ1) is 16.6. The standard InChI is InChI=1S/C18H24N2O4/c21-16(22)18(19-17(23)24-15-8-4-5-9-15)10-12-20(13-11-18)14-6-2-1-3-7-14/h1-3,6-7,15H,4-5,8-13H2,(H,19,23)(H,21,22). The van der Waals surface area contributed by atoms with E-state index in [1.165, 1.54) is 0 Å². The van der Waals surface area contributed by atoms with Gasteiger partial charge in [0.25, 0.3) is 0 Å². The van der Waals surface area contributed by atoms with E-state index in [4.69, 9.17) is 4.74 Å². The van der Waals surface area contributed by atoms with Crippen molar-refractivity contribution in [2.24, 2.45) is 0 Å². The van der Waals surface area contributed by atoms with Gasteiger partial charge in [-0.15, -0.1) is 0 Å². The number of piperidine rings is 1. The number of nitrogens with zero attached hydrogens (tertiary/aromatic N) is 1. The first-order valence-electron chi connectivity index (χ1n) is 8.61. The Labute approximate surface area is 141 Å². The average molecular weight is 332 g/mol. The van der Waals surface area contributed by atoms with Crippen LogP contribution in [0, 0.1) is 0 Å². The van der Waals surface area contributed by atoms with Gasteiger partial charge in [0, 0.05) is 18.8 Å². The molecule has 0 aromatic heterocycles. The van der Waals surface area contributed by atoms with Crippen molar-refractivity contribution in [2.45, 2.75) is 50.2 Å². The minimum Gasteiger partial charge on any atom is -0.480 e. The zero-order valence-corrected chi connectivity index (χ0v) is 13.7. The van der Waals surface area contributed by atoms with Gasteiger partial charge in [0.2, 0.25) is 0 Å². The summed E-state index contributed by atoms with van der Waals surface area (Å²) >= 11 is 0. The largest absolute Gasteiger partial charge is 0.480 e. The van der Waals surface area contributed by atoms with E-state index in [0.29, 0.717) is 25.9 Å². The molecular weight excluding hydrogens is 308 g/mol. The Bertz CT molecular complexity index is 576. The fourth-order valence-electron chi connectivity index (χ4n) is 3.56. The molecule has 1 aliphatic heterocycles. The Hall–Kier alpha value is -2.24. The van der Waals surface area contributed by atoms with Gasteiger partial charge >= 0.3 is 12.1 Å². The SMILES string of the molecule is O=C(NC1(C(=O)O)CCN(c2ccccc2)CC1)OC1CCCC1. The van der Waals surface area contributed by atoms with E-state index in [1.807, 2.05) is 30.3 Å². The number of carbonyl (C=O) groups excluding carboxylic acids is 1. The van der Waals surface area contributed by atoms with Crippen LogP contribution >= 0.6 is 0 Å². The molecule has 1 aliphatic carbocycles. The van der Waals surface area contributed by atoms with Crippen molar-refractivity contribution >= 4 is 17.7 Å². The molecule has 130 valence electrons. The van der Waals surface area contributed by atoms with Gasteiger partial charge in [-0.05, 0) is 50.7 Å². The second-order valence-electron chi connectivity index (χ2n) is 6.65. The second-order valence-corrected chi connectivity index (χ2v) is 6.65. The fourth-order valence-corrected chi connectivity index (χ4v) is 3.56. The number of aliphatic carboxylic acids is 1. The fraction of sp³-hybridized carbons (Fsp3) is 0.556. The van der Waals surface area contributed by atoms with Gasteiger partial charge in [0.15, 0.2) is 0 Å².